The third kappa shape index (κ3) is 4.48. The van der Waals surface area contributed by atoms with Gasteiger partial charge in [0, 0.05) is 35.1 Å². The van der Waals surface area contributed by atoms with Crippen LogP contribution in [0.15, 0.2) is 48.8 Å². The molecule has 0 bridgehead atoms. The van der Waals surface area contributed by atoms with E-state index in [0.29, 0.717) is 17.0 Å². The molecule has 8 heteroatoms. The van der Waals surface area contributed by atoms with Crippen LogP contribution >= 0.6 is 0 Å². The fourth-order valence-electron chi connectivity index (χ4n) is 2.72. The Morgan fingerprint density at radius 3 is 2.63 bits per heavy atom. The number of rotatable bonds is 6. The van der Waals surface area contributed by atoms with Gasteiger partial charge in [0.2, 0.25) is 5.91 Å². The van der Waals surface area contributed by atoms with Gasteiger partial charge in [-0.3, -0.25) is 9.89 Å². The van der Waals surface area contributed by atoms with Gasteiger partial charge in [0.05, 0.1) is 19.3 Å². The van der Waals surface area contributed by atoms with E-state index in [1.54, 1.807) is 30.6 Å². The molecule has 0 saturated carbocycles. The monoisotopic (exact) mass is 372 g/mol. The molecule has 6 nitrogen and oxygen atoms in total. The van der Waals surface area contributed by atoms with Gasteiger partial charge in [0.1, 0.15) is 17.4 Å². The topological polar surface area (TPSA) is 93.0 Å². The molecule has 0 aliphatic heterocycles. The van der Waals surface area contributed by atoms with E-state index >= 15 is 0 Å². The van der Waals surface area contributed by atoms with Gasteiger partial charge in [-0.2, -0.15) is 5.10 Å². The average Bonchev–Trinajstić information content (AvgIpc) is 3.15. The van der Waals surface area contributed by atoms with Gasteiger partial charge in [-0.15, -0.1) is 0 Å². The summed E-state index contributed by atoms with van der Waals surface area (Å²) in [7, 11) is 1.52. The van der Waals surface area contributed by atoms with Gasteiger partial charge < -0.3 is 15.8 Å². The average molecular weight is 372 g/mol. The predicted molar refractivity (Wildman–Crippen MR) is 97.2 cm³/mol. The number of hydrogen-bond donors (Lipinski definition) is 3. The lowest BCUT2D eigenvalue weighted by atomic mass is 10.0. The van der Waals surface area contributed by atoms with Crippen molar-refractivity contribution in [2.24, 2.45) is 5.73 Å². The fourth-order valence-corrected chi connectivity index (χ4v) is 2.72. The number of ether oxygens (including phenoxy) is 1. The standard InChI is InChI=1S/C19H18F2N4O2/c1-27-18-8-15(2-3-16(18)12-9-23-24-10-12)25-19(26)17(22)6-11-4-13(20)7-14(21)5-11/h2-5,7-10,17H,6,22H2,1H3,(H,23,24)(H,25,26). The lowest BCUT2D eigenvalue weighted by molar-refractivity contribution is -0.117. The largest absolute Gasteiger partial charge is 0.496 e. The van der Waals surface area contributed by atoms with Gasteiger partial charge in [-0.1, -0.05) is 0 Å². The second kappa shape index (κ2) is 7.96. The molecular formula is C19H18F2N4O2. The highest BCUT2D eigenvalue weighted by Gasteiger charge is 2.16. The maximum atomic E-state index is 13.3. The van der Waals surface area contributed by atoms with Gasteiger partial charge in [-0.05, 0) is 36.2 Å². The second-order valence-corrected chi connectivity index (χ2v) is 5.98. The van der Waals surface area contributed by atoms with Crippen LogP contribution in [0.4, 0.5) is 14.5 Å². The number of nitrogens with zero attached hydrogens (tertiary/aromatic N) is 1. The molecule has 0 radical (unpaired) electrons. The van der Waals surface area contributed by atoms with Crippen LogP contribution in [0.5, 0.6) is 5.75 Å². The van der Waals surface area contributed by atoms with E-state index < -0.39 is 23.6 Å². The summed E-state index contributed by atoms with van der Waals surface area (Å²) in [5, 5.41) is 9.31. The highest BCUT2D eigenvalue weighted by molar-refractivity contribution is 5.95. The number of carbonyl (C=O) groups is 1. The van der Waals surface area contributed by atoms with Crippen LogP contribution in [0.3, 0.4) is 0 Å². The molecule has 0 fully saturated rings. The summed E-state index contributed by atoms with van der Waals surface area (Å²) in [6, 6.07) is 7.26. The fraction of sp³-hybridized carbons (Fsp3) is 0.158. The molecule has 140 valence electrons. The highest BCUT2D eigenvalue weighted by atomic mass is 19.1. The molecule has 0 aliphatic rings. The Labute approximate surface area is 154 Å². The lowest BCUT2D eigenvalue weighted by Gasteiger charge is -2.14. The molecule has 0 saturated heterocycles. The Hall–Kier alpha value is -3.26. The van der Waals surface area contributed by atoms with E-state index in [1.165, 1.54) is 7.11 Å². The molecule has 1 atom stereocenters. The van der Waals surface area contributed by atoms with Crippen LogP contribution in [0, 0.1) is 11.6 Å². The summed E-state index contributed by atoms with van der Waals surface area (Å²) in [6.45, 7) is 0. The van der Waals surface area contributed by atoms with Crippen molar-refractivity contribution in [3.63, 3.8) is 0 Å². The van der Waals surface area contributed by atoms with Crippen molar-refractivity contribution in [1.82, 2.24) is 10.2 Å². The van der Waals surface area contributed by atoms with E-state index in [2.05, 4.69) is 15.5 Å². The minimum atomic E-state index is -0.967. The van der Waals surface area contributed by atoms with Crippen LogP contribution < -0.4 is 15.8 Å². The van der Waals surface area contributed by atoms with Crippen LogP contribution in [0.1, 0.15) is 5.56 Å². The van der Waals surface area contributed by atoms with Crippen LogP contribution in [0.2, 0.25) is 0 Å². The zero-order chi connectivity index (χ0) is 19.4. The quantitative estimate of drug-likeness (QED) is 0.620. The summed E-state index contributed by atoms with van der Waals surface area (Å²) in [5.74, 6) is -1.35. The molecule has 3 aromatic rings. The third-order valence-electron chi connectivity index (χ3n) is 3.99. The van der Waals surface area contributed by atoms with Crippen molar-refractivity contribution in [3.8, 4) is 16.9 Å². The van der Waals surface area contributed by atoms with Gasteiger partial charge >= 0.3 is 0 Å². The first-order valence-electron chi connectivity index (χ1n) is 8.15. The third-order valence-corrected chi connectivity index (χ3v) is 3.99. The molecule has 1 unspecified atom stereocenters. The zero-order valence-corrected chi connectivity index (χ0v) is 14.5. The number of aromatic nitrogens is 2. The van der Waals surface area contributed by atoms with Gasteiger partial charge in [-0.25, -0.2) is 8.78 Å². The number of anilines is 1. The Balaban J connectivity index is 1.71. The highest BCUT2D eigenvalue weighted by Crippen LogP contribution is 2.31. The smallest absolute Gasteiger partial charge is 0.241 e. The summed E-state index contributed by atoms with van der Waals surface area (Å²) >= 11 is 0. The number of H-pyrrole nitrogens is 1. The Kier molecular flexibility index (Phi) is 5.46. The van der Waals surface area contributed by atoms with Crippen LogP contribution in [-0.2, 0) is 11.2 Å². The first-order chi connectivity index (χ1) is 13.0. The van der Waals surface area contributed by atoms with E-state index in [0.717, 1.165) is 29.3 Å². The number of aromatic amines is 1. The molecule has 4 N–H and O–H groups in total. The number of benzene rings is 2. The van der Waals surface area contributed by atoms with Crippen molar-refractivity contribution >= 4 is 11.6 Å². The lowest BCUT2D eigenvalue weighted by Crippen LogP contribution is -2.37. The van der Waals surface area contributed by atoms with Gasteiger partial charge in [0.25, 0.3) is 0 Å². The molecule has 1 amide bonds. The van der Waals surface area contributed by atoms with E-state index in [-0.39, 0.29) is 6.42 Å². The summed E-state index contributed by atoms with van der Waals surface area (Å²) in [5.41, 5.74) is 8.32. The molecule has 2 aromatic carbocycles. The number of halogens is 2. The molecule has 1 aromatic heterocycles. The normalized spacial score (nSPS) is 11.9. The first-order valence-corrected chi connectivity index (χ1v) is 8.15. The zero-order valence-electron chi connectivity index (χ0n) is 14.5. The van der Waals surface area contributed by atoms with Crippen LogP contribution in [0.25, 0.3) is 11.1 Å². The van der Waals surface area contributed by atoms with Crippen molar-refractivity contribution < 1.29 is 18.3 Å². The molecule has 0 aliphatic carbocycles. The Morgan fingerprint density at radius 2 is 2.00 bits per heavy atom. The second-order valence-electron chi connectivity index (χ2n) is 5.98. The molecule has 3 rings (SSSR count). The minimum absolute atomic E-state index is 0.00471. The number of methoxy groups -OCH3 is 1. The van der Waals surface area contributed by atoms with Crippen LogP contribution in [-0.4, -0.2) is 29.3 Å². The molecule has 27 heavy (non-hydrogen) atoms. The molecule has 0 spiro atoms. The first kappa shape index (κ1) is 18.5. The van der Waals surface area contributed by atoms with Gasteiger partial charge in [0.15, 0.2) is 0 Å². The summed E-state index contributed by atoms with van der Waals surface area (Å²) in [4.78, 5) is 12.3. The SMILES string of the molecule is COc1cc(NC(=O)C(N)Cc2cc(F)cc(F)c2)ccc1-c1cn[nH]c1. The Morgan fingerprint density at radius 1 is 1.26 bits per heavy atom. The summed E-state index contributed by atoms with van der Waals surface area (Å²) < 4.78 is 31.9. The molecular weight excluding hydrogens is 354 g/mol. The van der Waals surface area contributed by atoms with Crippen molar-refractivity contribution in [2.45, 2.75) is 12.5 Å². The predicted octanol–water partition coefficient (Wildman–Crippen LogP) is 2.87. The number of amides is 1. The van der Waals surface area contributed by atoms with E-state index in [4.69, 9.17) is 10.5 Å². The maximum absolute atomic E-state index is 13.3. The van der Waals surface area contributed by atoms with E-state index in [1.807, 2.05) is 0 Å². The number of nitrogens with two attached hydrogens (primary N) is 1. The Bertz CT molecular complexity index is 925. The molecule has 1 heterocycles. The number of nitrogens with one attached hydrogen (secondary N) is 2. The van der Waals surface area contributed by atoms with Crippen molar-refractivity contribution in [2.75, 3.05) is 12.4 Å². The van der Waals surface area contributed by atoms with E-state index in [9.17, 15) is 13.6 Å². The number of carbonyl (C=O) groups excluding carboxylic acids is 1. The van der Waals surface area contributed by atoms with Crippen molar-refractivity contribution in [3.05, 3.63) is 66.0 Å². The maximum Gasteiger partial charge on any atom is 0.241 e. The minimum Gasteiger partial charge on any atom is -0.496 e. The number of hydrogen-bond acceptors (Lipinski definition) is 4. The van der Waals surface area contributed by atoms with Crippen molar-refractivity contribution in [1.29, 1.82) is 0 Å². The summed E-state index contributed by atoms with van der Waals surface area (Å²) in [6.07, 6.45) is 3.39.